The Morgan fingerprint density at radius 2 is 2.00 bits per heavy atom. The second kappa shape index (κ2) is 7.36. The Morgan fingerprint density at radius 1 is 1.25 bits per heavy atom. The Morgan fingerprint density at radius 3 is 2.65 bits per heavy atom. The summed E-state index contributed by atoms with van der Waals surface area (Å²) in [6.07, 6.45) is 0. The predicted octanol–water partition coefficient (Wildman–Crippen LogP) is 4.53. The topological polar surface area (TPSA) is 35.5 Å². The fourth-order valence-corrected chi connectivity index (χ4v) is 3.60. The summed E-state index contributed by atoms with van der Waals surface area (Å²) in [4.78, 5) is 13.2. The van der Waals surface area contributed by atoms with Crippen LogP contribution < -0.4 is 4.74 Å². The Balaban J connectivity index is 2.25. The van der Waals surface area contributed by atoms with Gasteiger partial charge in [0.2, 0.25) is 5.78 Å². The lowest BCUT2D eigenvalue weighted by molar-refractivity contribution is 0.103. The van der Waals surface area contributed by atoms with Gasteiger partial charge >= 0.3 is 0 Å². The monoisotopic (exact) mass is 418 g/mol. The van der Waals surface area contributed by atoms with Crippen molar-refractivity contribution in [2.75, 3.05) is 20.3 Å². The van der Waals surface area contributed by atoms with Gasteiger partial charge in [-0.05, 0) is 50.1 Å². The van der Waals surface area contributed by atoms with Crippen molar-refractivity contribution in [1.82, 2.24) is 0 Å². The average Bonchev–Trinajstić information content (AvgIpc) is 2.79. The predicted molar refractivity (Wildman–Crippen MR) is 87.0 cm³/mol. The smallest absolute Gasteiger partial charge is 0.206 e. The number of thiophene rings is 1. The van der Waals surface area contributed by atoms with Crippen LogP contribution in [0.2, 0.25) is 0 Å². The molecule has 0 unspecified atom stereocenters. The standard InChI is InChI=1S/C14H12Br2O3S/c1-18-6-7-19-11-5-3-2-4-9(11)13(17)12-8-10(15)14(16)20-12/h2-5,8H,6-7H2,1H3. The highest BCUT2D eigenvalue weighted by Gasteiger charge is 2.17. The largest absolute Gasteiger partial charge is 0.490 e. The SMILES string of the molecule is COCCOc1ccccc1C(=O)c1cc(Br)c(Br)s1. The first-order valence-corrected chi connectivity index (χ1v) is 8.24. The average molecular weight is 420 g/mol. The van der Waals surface area contributed by atoms with E-state index in [0.717, 1.165) is 8.26 Å². The fraction of sp³-hybridized carbons (Fsp3) is 0.214. The van der Waals surface area contributed by atoms with E-state index in [9.17, 15) is 4.79 Å². The van der Waals surface area contributed by atoms with Gasteiger partial charge in [0.25, 0.3) is 0 Å². The van der Waals surface area contributed by atoms with Crippen LogP contribution in [0.15, 0.2) is 38.6 Å². The summed E-state index contributed by atoms with van der Waals surface area (Å²) in [6.45, 7) is 0.900. The number of ether oxygens (including phenoxy) is 2. The molecule has 1 aromatic heterocycles. The number of hydrogen-bond donors (Lipinski definition) is 0. The van der Waals surface area contributed by atoms with Gasteiger partial charge in [0.05, 0.1) is 20.8 Å². The minimum Gasteiger partial charge on any atom is -0.490 e. The van der Waals surface area contributed by atoms with Crippen LogP contribution in [-0.2, 0) is 4.74 Å². The highest BCUT2D eigenvalue weighted by Crippen LogP contribution is 2.34. The van der Waals surface area contributed by atoms with E-state index >= 15 is 0 Å². The second-order valence-electron chi connectivity index (χ2n) is 3.90. The van der Waals surface area contributed by atoms with Gasteiger partial charge in [-0.15, -0.1) is 11.3 Å². The molecule has 0 spiro atoms. The van der Waals surface area contributed by atoms with Crippen LogP contribution in [0.5, 0.6) is 5.75 Å². The normalized spacial score (nSPS) is 10.6. The van der Waals surface area contributed by atoms with Gasteiger partial charge in [-0.3, -0.25) is 4.79 Å². The molecular weight excluding hydrogens is 408 g/mol. The number of halogens is 2. The fourth-order valence-electron chi connectivity index (χ4n) is 1.61. The first-order chi connectivity index (χ1) is 9.63. The van der Waals surface area contributed by atoms with E-state index in [1.165, 1.54) is 11.3 Å². The van der Waals surface area contributed by atoms with Crippen molar-refractivity contribution in [2.45, 2.75) is 0 Å². The highest BCUT2D eigenvalue weighted by molar-refractivity contribution is 9.13. The number of benzene rings is 1. The van der Waals surface area contributed by atoms with E-state index in [1.807, 2.05) is 18.2 Å². The molecule has 0 radical (unpaired) electrons. The van der Waals surface area contributed by atoms with Crippen molar-refractivity contribution in [1.29, 1.82) is 0 Å². The van der Waals surface area contributed by atoms with Gasteiger partial charge in [-0.1, -0.05) is 12.1 Å². The van der Waals surface area contributed by atoms with E-state index < -0.39 is 0 Å². The molecule has 0 aliphatic heterocycles. The number of hydrogen-bond acceptors (Lipinski definition) is 4. The molecule has 0 aliphatic carbocycles. The Labute approximate surface area is 138 Å². The molecule has 1 heterocycles. The minimum absolute atomic E-state index is 0.0468. The Hall–Kier alpha value is -0.690. The third kappa shape index (κ3) is 3.69. The van der Waals surface area contributed by atoms with Gasteiger partial charge in [0, 0.05) is 11.6 Å². The van der Waals surface area contributed by atoms with Gasteiger partial charge in [-0.25, -0.2) is 0 Å². The summed E-state index contributed by atoms with van der Waals surface area (Å²) >= 11 is 8.18. The summed E-state index contributed by atoms with van der Waals surface area (Å²) in [5.74, 6) is 0.532. The van der Waals surface area contributed by atoms with Crippen LogP contribution in [0, 0.1) is 0 Å². The quantitative estimate of drug-likeness (QED) is 0.509. The lowest BCUT2D eigenvalue weighted by Crippen LogP contribution is -2.08. The molecule has 106 valence electrons. The summed E-state index contributed by atoms with van der Waals surface area (Å²) in [5.41, 5.74) is 0.560. The van der Waals surface area contributed by atoms with Crippen molar-refractivity contribution < 1.29 is 14.3 Å². The van der Waals surface area contributed by atoms with Crippen LogP contribution in [0.25, 0.3) is 0 Å². The van der Waals surface area contributed by atoms with Crippen molar-refractivity contribution in [3.05, 3.63) is 49.0 Å². The zero-order chi connectivity index (χ0) is 14.5. The van der Waals surface area contributed by atoms with Crippen LogP contribution in [0.3, 0.4) is 0 Å². The third-order valence-corrected chi connectivity index (χ3v) is 5.80. The number of carbonyl (C=O) groups excluding carboxylic acids is 1. The van der Waals surface area contributed by atoms with E-state index in [4.69, 9.17) is 9.47 Å². The van der Waals surface area contributed by atoms with Gasteiger partial charge < -0.3 is 9.47 Å². The molecule has 0 fully saturated rings. The van der Waals surface area contributed by atoms with Crippen molar-refractivity contribution in [3.8, 4) is 5.75 Å². The Bertz CT molecular complexity index is 591. The maximum Gasteiger partial charge on any atom is 0.206 e. The first kappa shape index (κ1) is 15.7. The van der Waals surface area contributed by atoms with Crippen molar-refractivity contribution in [2.24, 2.45) is 0 Å². The van der Waals surface area contributed by atoms with Crippen LogP contribution in [0.4, 0.5) is 0 Å². The van der Waals surface area contributed by atoms with E-state index in [0.29, 0.717) is 29.4 Å². The lowest BCUT2D eigenvalue weighted by atomic mass is 10.1. The molecule has 1 aromatic carbocycles. The molecule has 6 heteroatoms. The minimum atomic E-state index is -0.0468. The molecule has 0 aliphatic rings. The van der Waals surface area contributed by atoms with E-state index in [2.05, 4.69) is 31.9 Å². The van der Waals surface area contributed by atoms with E-state index in [-0.39, 0.29) is 5.78 Å². The summed E-state index contributed by atoms with van der Waals surface area (Å²) in [6, 6.07) is 9.04. The maximum absolute atomic E-state index is 12.5. The van der Waals surface area contributed by atoms with Crippen molar-refractivity contribution >= 4 is 49.0 Å². The number of carbonyl (C=O) groups is 1. The molecule has 3 nitrogen and oxygen atoms in total. The highest BCUT2D eigenvalue weighted by atomic mass is 79.9. The summed E-state index contributed by atoms with van der Waals surface area (Å²) in [7, 11) is 1.61. The molecule has 0 atom stereocenters. The van der Waals surface area contributed by atoms with Gasteiger partial charge in [0.15, 0.2) is 0 Å². The number of para-hydroxylation sites is 1. The zero-order valence-corrected chi connectivity index (χ0v) is 14.7. The molecule has 0 amide bonds. The molecule has 0 bridgehead atoms. The molecule has 0 N–H and O–H groups in total. The third-order valence-electron chi connectivity index (χ3n) is 2.55. The number of rotatable bonds is 6. The molecule has 2 aromatic rings. The van der Waals surface area contributed by atoms with Crippen LogP contribution in [-0.4, -0.2) is 26.1 Å². The van der Waals surface area contributed by atoms with Gasteiger partial charge in [0.1, 0.15) is 12.4 Å². The Kier molecular flexibility index (Phi) is 5.77. The summed E-state index contributed by atoms with van der Waals surface area (Å²) in [5, 5.41) is 0. The molecule has 2 rings (SSSR count). The van der Waals surface area contributed by atoms with Crippen LogP contribution >= 0.6 is 43.2 Å². The molecule has 0 saturated heterocycles. The lowest BCUT2D eigenvalue weighted by Gasteiger charge is -2.09. The number of methoxy groups -OCH3 is 1. The zero-order valence-electron chi connectivity index (χ0n) is 10.7. The maximum atomic E-state index is 12.5. The van der Waals surface area contributed by atoms with Gasteiger partial charge in [-0.2, -0.15) is 0 Å². The van der Waals surface area contributed by atoms with Crippen molar-refractivity contribution in [3.63, 3.8) is 0 Å². The number of ketones is 1. The molecular formula is C14H12Br2O3S. The summed E-state index contributed by atoms with van der Waals surface area (Å²) < 4.78 is 12.3. The molecule has 0 saturated carbocycles. The first-order valence-electron chi connectivity index (χ1n) is 5.83. The second-order valence-corrected chi connectivity index (χ2v) is 7.12. The molecule has 20 heavy (non-hydrogen) atoms. The van der Waals surface area contributed by atoms with E-state index in [1.54, 1.807) is 19.2 Å². The van der Waals surface area contributed by atoms with Crippen LogP contribution in [0.1, 0.15) is 15.2 Å².